The molecular formula is C20H17N3O4. The molecular weight excluding hydrogens is 346 g/mol. The predicted molar refractivity (Wildman–Crippen MR) is 99.3 cm³/mol. The Morgan fingerprint density at radius 2 is 1.48 bits per heavy atom. The zero-order valence-corrected chi connectivity index (χ0v) is 15.1. The van der Waals surface area contributed by atoms with Gasteiger partial charge in [-0.05, 0) is 29.8 Å². The summed E-state index contributed by atoms with van der Waals surface area (Å²) in [5.74, 6) is 0.829. The van der Waals surface area contributed by atoms with Crippen molar-refractivity contribution in [3.8, 4) is 22.6 Å². The monoisotopic (exact) mass is 363 g/mol. The third-order valence-electron chi connectivity index (χ3n) is 4.61. The molecule has 0 fully saturated rings. The number of amides is 2. The molecule has 2 aromatic carbocycles. The van der Waals surface area contributed by atoms with Crippen molar-refractivity contribution in [2.24, 2.45) is 7.05 Å². The highest BCUT2D eigenvalue weighted by atomic mass is 16.5. The van der Waals surface area contributed by atoms with Gasteiger partial charge in [-0.1, -0.05) is 18.2 Å². The van der Waals surface area contributed by atoms with Gasteiger partial charge in [0, 0.05) is 12.6 Å². The molecule has 0 unspecified atom stereocenters. The number of methoxy groups -OCH3 is 2. The van der Waals surface area contributed by atoms with Gasteiger partial charge >= 0.3 is 0 Å². The van der Waals surface area contributed by atoms with E-state index in [1.807, 2.05) is 6.07 Å². The number of ether oxygens (including phenoxy) is 2. The molecule has 0 N–H and O–H groups in total. The summed E-state index contributed by atoms with van der Waals surface area (Å²) in [7, 11) is 4.81. The largest absolute Gasteiger partial charge is 0.493 e. The fourth-order valence-corrected chi connectivity index (χ4v) is 3.29. The number of aryl methyl sites for hydroxylation is 1. The molecule has 0 saturated heterocycles. The Morgan fingerprint density at radius 3 is 2.07 bits per heavy atom. The molecule has 2 amide bonds. The molecule has 0 spiro atoms. The SMILES string of the molecule is COc1ccc(-c2cnn(C)c2N2C(=O)c3ccccc3C2=O)cc1OC. The number of benzene rings is 2. The molecule has 0 atom stereocenters. The standard InChI is InChI=1S/C20H17N3O4/c1-22-18(23-19(24)13-6-4-5-7-14(13)20(23)25)15(11-21-22)12-8-9-16(26-2)17(10-12)27-3/h4-11H,1-3H3. The third-order valence-corrected chi connectivity index (χ3v) is 4.61. The molecule has 1 aromatic heterocycles. The Morgan fingerprint density at radius 1 is 0.852 bits per heavy atom. The zero-order valence-electron chi connectivity index (χ0n) is 15.1. The molecule has 1 aliphatic heterocycles. The highest BCUT2D eigenvalue weighted by Gasteiger charge is 2.39. The van der Waals surface area contributed by atoms with Gasteiger partial charge in [-0.25, -0.2) is 4.90 Å². The van der Waals surface area contributed by atoms with Gasteiger partial charge in [0.05, 0.1) is 31.5 Å². The van der Waals surface area contributed by atoms with Gasteiger partial charge in [0.15, 0.2) is 11.5 Å². The smallest absolute Gasteiger partial charge is 0.267 e. The van der Waals surface area contributed by atoms with E-state index in [1.165, 1.54) is 9.58 Å². The third kappa shape index (κ3) is 2.47. The van der Waals surface area contributed by atoms with E-state index in [1.54, 1.807) is 63.9 Å². The van der Waals surface area contributed by atoms with E-state index in [0.29, 0.717) is 34.0 Å². The van der Waals surface area contributed by atoms with Gasteiger partial charge < -0.3 is 9.47 Å². The van der Waals surface area contributed by atoms with E-state index in [4.69, 9.17) is 9.47 Å². The van der Waals surface area contributed by atoms with Crippen molar-refractivity contribution in [1.82, 2.24) is 9.78 Å². The molecule has 0 saturated carbocycles. The summed E-state index contributed by atoms with van der Waals surface area (Å²) in [6.07, 6.45) is 1.63. The van der Waals surface area contributed by atoms with Gasteiger partial charge in [0.25, 0.3) is 11.8 Å². The van der Waals surface area contributed by atoms with E-state index in [-0.39, 0.29) is 11.8 Å². The molecule has 1 aliphatic rings. The van der Waals surface area contributed by atoms with Crippen LogP contribution in [0.1, 0.15) is 20.7 Å². The number of aromatic nitrogens is 2. The van der Waals surface area contributed by atoms with Crippen molar-refractivity contribution >= 4 is 17.6 Å². The number of imide groups is 1. The zero-order chi connectivity index (χ0) is 19.1. The van der Waals surface area contributed by atoms with Crippen LogP contribution < -0.4 is 14.4 Å². The minimum Gasteiger partial charge on any atom is -0.493 e. The second-order valence-corrected chi connectivity index (χ2v) is 6.07. The highest BCUT2D eigenvalue weighted by molar-refractivity contribution is 6.34. The summed E-state index contributed by atoms with van der Waals surface area (Å²) in [4.78, 5) is 26.9. The van der Waals surface area contributed by atoms with Crippen LogP contribution in [0.15, 0.2) is 48.7 Å². The maximum atomic E-state index is 12.9. The normalized spacial score (nSPS) is 13.1. The summed E-state index contributed by atoms with van der Waals surface area (Å²) in [5.41, 5.74) is 2.18. The first-order valence-corrected chi connectivity index (χ1v) is 8.29. The first-order chi connectivity index (χ1) is 13.1. The van der Waals surface area contributed by atoms with Crippen molar-refractivity contribution < 1.29 is 19.1 Å². The number of hydrogen-bond acceptors (Lipinski definition) is 5. The Balaban J connectivity index is 1.85. The molecule has 3 aromatic rings. The summed E-state index contributed by atoms with van der Waals surface area (Å²) >= 11 is 0. The van der Waals surface area contributed by atoms with Crippen molar-refractivity contribution in [3.05, 3.63) is 59.8 Å². The lowest BCUT2D eigenvalue weighted by molar-refractivity contribution is 0.0924. The summed E-state index contributed by atoms with van der Waals surface area (Å²) in [6.45, 7) is 0. The Labute approximate surface area is 155 Å². The van der Waals surface area contributed by atoms with Crippen LogP contribution in [0.5, 0.6) is 11.5 Å². The summed E-state index contributed by atoms with van der Waals surface area (Å²) < 4.78 is 12.2. The van der Waals surface area contributed by atoms with Gasteiger partial charge in [0.2, 0.25) is 0 Å². The predicted octanol–water partition coefficient (Wildman–Crippen LogP) is 2.90. The Hall–Kier alpha value is -3.61. The van der Waals surface area contributed by atoms with E-state index < -0.39 is 0 Å². The van der Waals surface area contributed by atoms with Crippen molar-refractivity contribution in [2.75, 3.05) is 19.1 Å². The lowest BCUT2D eigenvalue weighted by Gasteiger charge is -2.17. The number of anilines is 1. The van der Waals surface area contributed by atoms with Gasteiger partial charge in [0.1, 0.15) is 5.82 Å². The summed E-state index contributed by atoms with van der Waals surface area (Å²) in [5, 5.41) is 4.27. The quantitative estimate of drug-likeness (QED) is 0.667. The van der Waals surface area contributed by atoms with Crippen LogP contribution in [0.25, 0.3) is 11.1 Å². The number of carbonyl (C=O) groups excluding carboxylic acids is 2. The molecule has 4 rings (SSSR count). The maximum absolute atomic E-state index is 12.9. The first-order valence-electron chi connectivity index (χ1n) is 8.29. The number of hydrogen-bond donors (Lipinski definition) is 0. The minimum atomic E-state index is -0.360. The van der Waals surface area contributed by atoms with E-state index in [2.05, 4.69) is 5.10 Å². The average Bonchev–Trinajstić information content (AvgIpc) is 3.19. The number of fused-ring (bicyclic) bond motifs is 1. The van der Waals surface area contributed by atoms with Gasteiger partial charge in [-0.15, -0.1) is 0 Å². The maximum Gasteiger partial charge on any atom is 0.267 e. The van der Waals surface area contributed by atoms with Crippen LogP contribution >= 0.6 is 0 Å². The van der Waals surface area contributed by atoms with Crippen LogP contribution in [0, 0.1) is 0 Å². The number of carbonyl (C=O) groups is 2. The molecule has 7 nitrogen and oxygen atoms in total. The van der Waals surface area contributed by atoms with Crippen molar-refractivity contribution in [2.45, 2.75) is 0 Å². The molecule has 7 heteroatoms. The van der Waals surface area contributed by atoms with Crippen LogP contribution in [-0.2, 0) is 7.05 Å². The molecule has 0 radical (unpaired) electrons. The van der Waals surface area contributed by atoms with E-state index in [0.717, 1.165) is 5.56 Å². The lowest BCUT2D eigenvalue weighted by atomic mass is 10.1. The van der Waals surface area contributed by atoms with Gasteiger partial charge in [-0.3, -0.25) is 14.3 Å². The topological polar surface area (TPSA) is 73.7 Å². The fourth-order valence-electron chi connectivity index (χ4n) is 3.29. The van der Waals surface area contributed by atoms with Crippen LogP contribution in [-0.4, -0.2) is 35.8 Å². The summed E-state index contributed by atoms with van der Waals surface area (Å²) in [6, 6.07) is 12.2. The Kier molecular flexibility index (Phi) is 3.92. The second kappa shape index (κ2) is 6.28. The molecule has 27 heavy (non-hydrogen) atoms. The first kappa shape index (κ1) is 16.8. The Bertz CT molecular complexity index is 1040. The highest BCUT2D eigenvalue weighted by Crippen LogP contribution is 2.38. The molecule has 0 aliphatic carbocycles. The van der Waals surface area contributed by atoms with Crippen molar-refractivity contribution in [3.63, 3.8) is 0 Å². The van der Waals surface area contributed by atoms with Crippen LogP contribution in [0.4, 0.5) is 5.82 Å². The minimum absolute atomic E-state index is 0.360. The average molecular weight is 363 g/mol. The number of rotatable bonds is 4. The van der Waals surface area contributed by atoms with E-state index in [9.17, 15) is 9.59 Å². The fraction of sp³-hybridized carbons (Fsp3) is 0.150. The lowest BCUT2D eigenvalue weighted by Crippen LogP contribution is -2.31. The van der Waals surface area contributed by atoms with Crippen molar-refractivity contribution in [1.29, 1.82) is 0 Å². The second-order valence-electron chi connectivity index (χ2n) is 6.07. The molecule has 0 bridgehead atoms. The van der Waals surface area contributed by atoms with Crippen LogP contribution in [0.2, 0.25) is 0 Å². The van der Waals surface area contributed by atoms with Gasteiger partial charge in [-0.2, -0.15) is 5.10 Å². The van der Waals surface area contributed by atoms with Crippen LogP contribution in [0.3, 0.4) is 0 Å². The molecule has 136 valence electrons. The molecule has 2 heterocycles. The number of nitrogens with zero attached hydrogens (tertiary/aromatic N) is 3. The van der Waals surface area contributed by atoms with E-state index >= 15 is 0 Å².